The fourth-order valence-electron chi connectivity index (χ4n) is 5.91. The molecule has 0 spiro atoms. The molecule has 1 atom stereocenters. The van der Waals surface area contributed by atoms with Gasteiger partial charge in [0.1, 0.15) is 17.2 Å². The van der Waals surface area contributed by atoms with Crippen molar-refractivity contribution in [2.75, 3.05) is 35.9 Å². The molecule has 3 aromatic carbocycles. The highest BCUT2D eigenvalue weighted by Crippen LogP contribution is 2.41. The molecule has 0 radical (unpaired) electrons. The largest absolute Gasteiger partial charge is 0.455 e. The van der Waals surface area contributed by atoms with Crippen LogP contribution in [0.1, 0.15) is 47.2 Å². The molecule has 11 nitrogen and oxygen atoms in total. The summed E-state index contributed by atoms with van der Waals surface area (Å²) >= 11 is 0. The van der Waals surface area contributed by atoms with E-state index in [1.54, 1.807) is 12.1 Å². The van der Waals surface area contributed by atoms with Crippen LogP contribution in [0, 0.1) is 5.82 Å². The number of hydrogen-bond donors (Lipinski definition) is 3. The van der Waals surface area contributed by atoms with Crippen molar-refractivity contribution in [3.05, 3.63) is 77.1 Å². The first-order valence-electron chi connectivity index (χ1n) is 14.4. The molecule has 2 aliphatic rings. The number of fused-ring (bicyclic) bond motifs is 2. The Morgan fingerprint density at radius 3 is 2.56 bits per heavy atom. The summed E-state index contributed by atoms with van der Waals surface area (Å²) in [5, 5.41) is 5.72. The lowest BCUT2D eigenvalue weighted by molar-refractivity contribution is -0.115. The van der Waals surface area contributed by atoms with Crippen molar-refractivity contribution >= 4 is 54.2 Å². The Bertz CT molecular complexity index is 2060. The summed E-state index contributed by atoms with van der Waals surface area (Å²) in [4.78, 5) is 25.1. The summed E-state index contributed by atoms with van der Waals surface area (Å²) in [5.74, 6) is -1.58. The maximum atomic E-state index is 13.8. The van der Waals surface area contributed by atoms with E-state index in [-0.39, 0.29) is 58.7 Å². The molecule has 3 N–H and O–H groups in total. The van der Waals surface area contributed by atoms with Gasteiger partial charge in [-0.05, 0) is 85.3 Å². The fourth-order valence-corrected chi connectivity index (χ4v) is 8.14. The van der Waals surface area contributed by atoms with Crippen molar-refractivity contribution in [1.82, 2.24) is 9.62 Å². The normalized spacial score (nSPS) is 17.2. The van der Waals surface area contributed by atoms with Gasteiger partial charge in [-0.25, -0.2) is 21.2 Å². The first-order valence-corrected chi connectivity index (χ1v) is 17.5. The van der Waals surface area contributed by atoms with Crippen LogP contribution >= 0.6 is 0 Å². The monoisotopic (exact) mass is 654 g/mol. The third-order valence-corrected chi connectivity index (χ3v) is 11.4. The number of amides is 2. The zero-order valence-corrected chi connectivity index (χ0v) is 26.1. The number of hydrogen-bond acceptors (Lipinski definition) is 7. The number of piperidine rings is 1. The van der Waals surface area contributed by atoms with Gasteiger partial charge in [-0.2, -0.15) is 4.31 Å². The smallest absolute Gasteiger partial charge is 0.255 e. The van der Waals surface area contributed by atoms with Crippen LogP contribution in [-0.4, -0.2) is 58.8 Å². The average Bonchev–Trinajstić information content (AvgIpc) is 3.59. The van der Waals surface area contributed by atoms with Gasteiger partial charge in [-0.15, -0.1) is 0 Å². The van der Waals surface area contributed by atoms with E-state index in [1.807, 2.05) is 0 Å². The third kappa shape index (κ3) is 5.80. The first kappa shape index (κ1) is 30.7. The number of nitrogens with one attached hydrogen (secondary N) is 3. The highest BCUT2D eigenvalue weighted by Gasteiger charge is 2.34. The van der Waals surface area contributed by atoms with Crippen molar-refractivity contribution in [3.8, 4) is 11.3 Å². The van der Waals surface area contributed by atoms with Crippen molar-refractivity contribution in [2.45, 2.75) is 37.0 Å². The van der Waals surface area contributed by atoms with Crippen LogP contribution in [0.3, 0.4) is 0 Å². The SMILES string of the molecule is CCS(=O)(=O)Nc1cc2oc(-c3ccc(F)cc3)c(C(=O)NC)c2cc1[C@@H]1CCCN(S(=O)(=O)c2ccc3c(c2)CC(=O)N3)C1. The Balaban J connectivity index is 1.45. The lowest BCUT2D eigenvalue weighted by Gasteiger charge is -2.33. The average molecular weight is 655 g/mol. The number of anilines is 2. The van der Waals surface area contributed by atoms with Crippen LogP contribution < -0.4 is 15.4 Å². The summed E-state index contributed by atoms with van der Waals surface area (Å²) in [7, 11) is -6.25. The summed E-state index contributed by atoms with van der Waals surface area (Å²) < 4.78 is 76.9. The summed E-state index contributed by atoms with van der Waals surface area (Å²) in [6.07, 6.45) is 1.15. The Labute approximate surface area is 259 Å². The molecule has 6 rings (SSSR count). The van der Waals surface area contributed by atoms with E-state index in [0.29, 0.717) is 40.6 Å². The Morgan fingerprint density at radius 2 is 1.84 bits per heavy atom. The van der Waals surface area contributed by atoms with E-state index < -0.39 is 37.7 Å². The van der Waals surface area contributed by atoms with Crippen molar-refractivity contribution < 1.29 is 35.2 Å². The molecule has 4 aromatic rings. The van der Waals surface area contributed by atoms with E-state index in [1.165, 1.54) is 60.7 Å². The van der Waals surface area contributed by atoms with Crippen molar-refractivity contribution in [2.24, 2.45) is 0 Å². The molecule has 0 aliphatic carbocycles. The molecule has 3 heterocycles. The standard InChI is InChI=1S/C31H31FN4O7S2/c1-3-44(39,40)35-26-16-27-24(29(31(38)33-2)30(43-27)18-6-8-21(32)9-7-18)15-23(26)19-5-4-12-36(17-19)45(41,42)22-10-11-25-20(13-22)14-28(37)34-25/h6-11,13,15-16,19,35H,3-5,12,14,17H2,1-2H3,(H,33,38)(H,34,37)/t19-/m1/s1. The van der Waals surface area contributed by atoms with Gasteiger partial charge in [0.05, 0.1) is 28.3 Å². The molecule has 1 fully saturated rings. The fraction of sp³-hybridized carbons (Fsp3) is 0.290. The van der Waals surface area contributed by atoms with Crippen LogP contribution in [0.2, 0.25) is 0 Å². The minimum atomic E-state index is -3.96. The molecule has 236 valence electrons. The Hall–Kier alpha value is -4.27. The topological polar surface area (TPSA) is 155 Å². The van der Waals surface area contributed by atoms with E-state index in [2.05, 4.69) is 15.4 Å². The predicted molar refractivity (Wildman–Crippen MR) is 168 cm³/mol. The molecule has 14 heteroatoms. The maximum Gasteiger partial charge on any atom is 0.255 e. The third-order valence-electron chi connectivity index (χ3n) is 8.23. The van der Waals surface area contributed by atoms with Crippen LogP contribution in [-0.2, 0) is 31.3 Å². The number of benzene rings is 3. The van der Waals surface area contributed by atoms with Crippen LogP contribution in [0.25, 0.3) is 22.3 Å². The van der Waals surface area contributed by atoms with Gasteiger partial charge < -0.3 is 15.1 Å². The minimum absolute atomic E-state index is 0.0565. The molecule has 2 amide bonds. The van der Waals surface area contributed by atoms with E-state index >= 15 is 0 Å². The zero-order chi connectivity index (χ0) is 32.1. The summed E-state index contributed by atoms with van der Waals surface area (Å²) in [6, 6.07) is 13.2. The van der Waals surface area contributed by atoms with E-state index in [4.69, 9.17) is 4.42 Å². The molecular formula is C31H31FN4O7S2. The Kier molecular flexibility index (Phi) is 7.91. The molecule has 1 saturated heterocycles. The van der Waals surface area contributed by atoms with Gasteiger partial charge >= 0.3 is 0 Å². The van der Waals surface area contributed by atoms with Gasteiger partial charge in [-0.3, -0.25) is 14.3 Å². The molecule has 0 bridgehead atoms. The van der Waals surface area contributed by atoms with E-state index in [9.17, 15) is 30.8 Å². The lowest BCUT2D eigenvalue weighted by Crippen LogP contribution is -2.39. The van der Waals surface area contributed by atoms with Gasteiger partial charge in [-0.1, -0.05) is 0 Å². The highest BCUT2D eigenvalue weighted by molar-refractivity contribution is 7.92. The van der Waals surface area contributed by atoms with Crippen LogP contribution in [0.5, 0.6) is 0 Å². The molecule has 2 aliphatic heterocycles. The number of halogens is 1. The Morgan fingerprint density at radius 1 is 1.09 bits per heavy atom. The van der Waals surface area contributed by atoms with Crippen molar-refractivity contribution in [1.29, 1.82) is 0 Å². The number of rotatable bonds is 8. The van der Waals surface area contributed by atoms with E-state index in [0.717, 1.165) is 0 Å². The number of furan rings is 1. The number of carbonyl (C=O) groups excluding carboxylic acids is 2. The number of sulfonamides is 2. The van der Waals surface area contributed by atoms with Crippen LogP contribution in [0.15, 0.2) is 63.9 Å². The minimum Gasteiger partial charge on any atom is -0.455 e. The second-order valence-corrected chi connectivity index (χ2v) is 15.0. The first-order chi connectivity index (χ1) is 21.4. The molecule has 1 aromatic heterocycles. The molecular weight excluding hydrogens is 623 g/mol. The number of carbonyl (C=O) groups is 2. The van der Waals surface area contributed by atoms with Crippen molar-refractivity contribution in [3.63, 3.8) is 0 Å². The second kappa shape index (κ2) is 11.6. The van der Waals surface area contributed by atoms with Gasteiger partial charge in [0, 0.05) is 42.8 Å². The maximum absolute atomic E-state index is 13.8. The second-order valence-electron chi connectivity index (χ2n) is 11.1. The molecule has 0 saturated carbocycles. The summed E-state index contributed by atoms with van der Waals surface area (Å²) in [5.41, 5.74) is 2.79. The summed E-state index contributed by atoms with van der Waals surface area (Å²) in [6.45, 7) is 1.81. The highest BCUT2D eigenvalue weighted by atomic mass is 32.2. The quantitative estimate of drug-likeness (QED) is 0.254. The molecule has 45 heavy (non-hydrogen) atoms. The molecule has 0 unspecified atom stereocenters. The van der Waals surface area contributed by atoms with Gasteiger partial charge in [0.15, 0.2) is 0 Å². The lowest BCUT2D eigenvalue weighted by atomic mass is 9.89. The van der Waals surface area contributed by atoms with Crippen LogP contribution in [0.4, 0.5) is 15.8 Å². The zero-order valence-electron chi connectivity index (χ0n) is 24.5. The predicted octanol–water partition coefficient (Wildman–Crippen LogP) is 4.42. The number of nitrogens with zero attached hydrogens (tertiary/aromatic N) is 1. The van der Waals surface area contributed by atoms with Gasteiger partial charge in [0.25, 0.3) is 5.91 Å². The van der Waals surface area contributed by atoms with Gasteiger partial charge in [0.2, 0.25) is 26.0 Å².